The van der Waals surface area contributed by atoms with Crippen molar-refractivity contribution < 1.29 is 4.79 Å². The molecule has 0 aromatic heterocycles. The average molecular weight is 336 g/mol. The van der Waals surface area contributed by atoms with Crippen LogP contribution in [0.2, 0.25) is 0 Å². The molecule has 4 nitrogen and oxygen atoms in total. The van der Waals surface area contributed by atoms with Crippen molar-refractivity contribution in [3.05, 3.63) is 34.3 Å². The van der Waals surface area contributed by atoms with E-state index in [1.54, 1.807) is 5.01 Å². The quantitative estimate of drug-likeness (QED) is 0.851. The Kier molecular flexibility index (Phi) is 4.17. The fourth-order valence-electron chi connectivity index (χ4n) is 2.70. The van der Waals surface area contributed by atoms with Crippen LogP contribution in [0, 0.1) is 0 Å². The summed E-state index contributed by atoms with van der Waals surface area (Å²) in [6.07, 6.45) is 3.74. The van der Waals surface area contributed by atoms with Crippen LogP contribution < -0.4 is 0 Å². The molecule has 0 bridgehead atoms. The van der Waals surface area contributed by atoms with Crippen molar-refractivity contribution in [1.82, 2.24) is 9.91 Å². The molecule has 106 valence electrons. The third-order valence-corrected chi connectivity index (χ3v) is 4.29. The Hall–Kier alpha value is -1.20. The van der Waals surface area contributed by atoms with E-state index in [-0.39, 0.29) is 5.91 Å². The van der Waals surface area contributed by atoms with Crippen molar-refractivity contribution >= 4 is 27.5 Å². The second-order valence-corrected chi connectivity index (χ2v) is 6.23. The van der Waals surface area contributed by atoms with E-state index in [4.69, 9.17) is 0 Å². The van der Waals surface area contributed by atoms with Gasteiger partial charge in [0.25, 0.3) is 0 Å². The molecule has 1 aromatic rings. The van der Waals surface area contributed by atoms with E-state index in [1.807, 2.05) is 18.2 Å². The minimum Gasteiger partial charge on any atom is -0.284 e. The van der Waals surface area contributed by atoms with Gasteiger partial charge in [-0.15, -0.1) is 0 Å². The van der Waals surface area contributed by atoms with Crippen molar-refractivity contribution in [3.8, 4) is 0 Å². The number of nitrogens with zero attached hydrogens (tertiary/aromatic N) is 3. The Morgan fingerprint density at radius 3 is 2.75 bits per heavy atom. The van der Waals surface area contributed by atoms with Crippen LogP contribution in [-0.4, -0.2) is 41.3 Å². The van der Waals surface area contributed by atoms with Gasteiger partial charge in [0.2, 0.25) is 5.91 Å². The molecular formula is C15H18BrN3O. The van der Waals surface area contributed by atoms with Crippen molar-refractivity contribution in [1.29, 1.82) is 0 Å². The van der Waals surface area contributed by atoms with E-state index < -0.39 is 0 Å². The molecule has 3 rings (SSSR count). The van der Waals surface area contributed by atoms with Gasteiger partial charge in [0, 0.05) is 17.3 Å². The maximum atomic E-state index is 12.0. The summed E-state index contributed by atoms with van der Waals surface area (Å²) in [7, 11) is 0. The number of carbonyl (C=O) groups is 1. The Morgan fingerprint density at radius 2 is 2.00 bits per heavy atom. The number of carbonyl (C=O) groups excluding carboxylic acids is 1. The molecule has 0 aliphatic carbocycles. The van der Waals surface area contributed by atoms with Gasteiger partial charge >= 0.3 is 0 Å². The first-order valence-electron chi connectivity index (χ1n) is 7.08. The molecule has 1 fully saturated rings. The number of benzene rings is 1. The molecule has 20 heavy (non-hydrogen) atoms. The van der Waals surface area contributed by atoms with E-state index in [0.717, 1.165) is 35.3 Å². The normalized spacial score (nSPS) is 20.4. The summed E-state index contributed by atoms with van der Waals surface area (Å²) in [6, 6.07) is 8.11. The standard InChI is InChI=1S/C15H18BrN3O/c16-13-5-3-4-12(10-13)14-6-7-15(20)19(17-14)11-18-8-1-2-9-18/h3-5,10H,1-2,6-9,11H2. The molecule has 1 amide bonds. The predicted molar refractivity (Wildman–Crippen MR) is 82.4 cm³/mol. The molecule has 0 atom stereocenters. The lowest BCUT2D eigenvalue weighted by Gasteiger charge is -2.27. The fraction of sp³-hybridized carbons (Fsp3) is 0.467. The Labute approximate surface area is 127 Å². The smallest absolute Gasteiger partial charge is 0.244 e. The third kappa shape index (κ3) is 3.10. The zero-order chi connectivity index (χ0) is 13.9. The molecule has 1 saturated heterocycles. The maximum Gasteiger partial charge on any atom is 0.244 e. The highest BCUT2D eigenvalue weighted by Gasteiger charge is 2.24. The van der Waals surface area contributed by atoms with Gasteiger partial charge < -0.3 is 0 Å². The summed E-state index contributed by atoms with van der Waals surface area (Å²) >= 11 is 3.48. The fourth-order valence-corrected chi connectivity index (χ4v) is 3.10. The molecule has 0 N–H and O–H groups in total. The van der Waals surface area contributed by atoms with Crippen LogP contribution in [-0.2, 0) is 4.79 Å². The Morgan fingerprint density at radius 1 is 1.20 bits per heavy atom. The second-order valence-electron chi connectivity index (χ2n) is 5.32. The Balaban J connectivity index is 1.78. The summed E-state index contributed by atoms with van der Waals surface area (Å²) in [5.41, 5.74) is 2.10. The van der Waals surface area contributed by atoms with E-state index >= 15 is 0 Å². The van der Waals surface area contributed by atoms with Crippen molar-refractivity contribution in [2.75, 3.05) is 19.8 Å². The lowest BCUT2D eigenvalue weighted by Crippen LogP contribution is -2.40. The maximum absolute atomic E-state index is 12.0. The topological polar surface area (TPSA) is 35.9 Å². The molecule has 0 radical (unpaired) electrons. The van der Waals surface area contributed by atoms with Gasteiger partial charge in [-0.25, -0.2) is 5.01 Å². The average Bonchev–Trinajstić information content (AvgIpc) is 2.94. The van der Waals surface area contributed by atoms with Crippen LogP contribution in [0.4, 0.5) is 0 Å². The number of rotatable bonds is 3. The van der Waals surface area contributed by atoms with Gasteiger partial charge in [-0.3, -0.25) is 9.69 Å². The first-order chi connectivity index (χ1) is 9.72. The van der Waals surface area contributed by atoms with Gasteiger partial charge in [0.1, 0.15) is 0 Å². The molecule has 0 spiro atoms. The van der Waals surface area contributed by atoms with E-state index in [2.05, 4.69) is 32.0 Å². The van der Waals surface area contributed by atoms with E-state index in [0.29, 0.717) is 13.1 Å². The SMILES string of the molecule is O=C1CCC(c2cccc(Br)c2)=NN1CN1CCCC1. The summed E-state index contributed by atoms with van der Waals surface area (Å²) < 4.78 is 1.04. The summed E-state index contributed by atoms with van der Waals surface area (Å²) in [5.74, 6) is 0.135. The third-order valence-electron chi connectivity index (χ3n) is 3.80. The summed E-state index contributed by atoms with van der Waals surface area (Å²) in [4.78, 5) is 14.3. The molecule has 2 heterocycles. The van der Waals surface area contributed by atoms with Crippen LogP contribution in [0.5, 0.6) is 0 Å². The molecule has 0 saturated carbocycles. The van der Waals surface area contributed by atoms with Crippen LogP contribution in [0.3, 0.4) is 0 Å². The summed E-state index contributed by atoms with van der Waals surface area (Å²) in [6.45, 7) is 2.79. The van der Waals surface area contributed by atoms with E-state index in [1.165, 1.54) is 12.8 Å². The zero-order valence-electron chi connectivity index (χ0n) is 11.4. The van der Waals surface area contributed by atoms with Crippen molar-refractivity contribution in [3.63, 3.8) is 0 Å². The van der Waals surface area contributed by atoms with Gasteiger partial charge in [-0.2, -0.15) is 5.10 Å². The number of halogens is 1. The largest absolute Gasteiger partial charge is 0.284 e. The molecule has 0 unspecified atom stereocenters. The molecule has 2 aliphatic rings. The highest BCUT2D eigenvalue weighted by atomic mass is 79.9. The van der Waals surface area contributed by atoms with Crippen LogP contribution in [0.15, 0.2) is 33.8 Å². The van der Waals surface area contributed by atoms with Crippen LogP contribution >= 0.6 is 15.9 Å². The van der Waals surface area contributed by atoms with E-state index in [9.17, 15) is 4.79 Å². The summed E-state index contributed by atoms with van der Waals surface area (Å²) in [5, 5.41) is 6.22. The minimum atomic E-state index is 0.135. The minimum absolute atomic E-state index is 0.135. The monoisotopic (exact) mass is 335 g/mol. The number of hydrogen-bond acceptors (Lipinski definition) is 3. The van der Waals surface area contributed by atoms with Gasteiger partial charge in [-0.1, -0.05) is 28.1 Å². The van der Waals surface area contributed by atoms with Gasteiger partial charge in [-0.05, 0) is 43.6 Å². The molecule has 5 heteroatoms. The number of hydrogen-bond donors (Lipinski definition) is 0. The first kappa shape index (κ1) is 13.8. The lowest BCUT2D eigenvalue weighted by molar-refractivity contribution is -0.133. The molecule has 2 aliphatic heterocycles. The van der Waals surface area contributed by atoms with Crippen molar-refractivity contribution in [2.45, 2.75) is 25.7 Å². The predicted octanol–water partition coefficient (Wildman–Crippen LogP) is 2.83. The highest BCUT2D eigenvalue weighted by molar-refractivity contribution is 9.10. The zero-order valence-corrected chi connectivity index (χ0v) is 13.0. The van der Waals surface area contributed by atoms with Crippen LogP contribution in [0.25, 0.3) is 0 Å². The highest BCUT2D eigenvalue weighted by Crippen LogP contribution is 2.19. The van der Waals surface area contributed by atoms with Gasteiger partial charge in [0.05, 0.1) is 12.4 Å². The molecule has 1 aromatic carbocycles. The Bertz CT molecular complexity index is 538. The van der Waals surface area contributed by atoms with Crippen LogP contribution in [0.1, 0.15) is 31.2 Å². The lowest BCUT2D eigenvalue weighted by atomic mass is 10.0. The molecular weight excluding hydrogens is 318 g/mol. The van der Waals surface area contributed by atoms with Crippen molar-refractivity contribution in [2.24, 2.45) is 5.10 Å². The number of hydrazone groups is 1. The van der Waals surface area contributed by atoms with Gasteiger partial charge in [0.15, 0.2) is 0 Å². The first-order valence-corrected chi connectivity index (χ1v) is 7.88. The number of amides is 1. The second kappa shape index (κ2) is 6.06. The number of likely N-dealkylation sites (tertiary alicyclic amines) is 1.